The molecule has 0 aromatic rings. The van der Waals surface area contributed by atoms with Crippen LogP contribution >= 0.6 is 0 Å². The fourth-order valence-electron chi connectivity index (χ4n) is 2.96. The first kappa shape index (κ1) is 12.0. The molecule has 0 aromatic carbocycles. The molecule has 1 saturated heterocycles. The average molecular weight is 200 g/mol. The van der Waals surface area contributed by atoms with Gasteiger partial charge in [0.1, 0.15) is 0 Å². The van der Waals surface area contributed by atoms with Crippen LogP contribution in [0.15, 0.2) is 0 Å². The largest absolute Gasteiger partial charge is 0.317 e. The summed E-state index contributed by atoms with van der Waals surface area (Å²) in [5.74, 6) is 0. The highest BCUT2D eigenvalue weighted by atomic mass is 16.7. The monoisotopic (exact) mass is 200 g/mol. The molecule has 1 fully saturated rings. The summed E-state index contributed by atoms with van der Waals surface area (Å²) in [6.07, 6.45) is 2.25. The van der Waals surface area contributed by atoms with Crippen molar-refractivity contribution in [2.45, 2.75) is 57.7 Å². The van der Waals surface area contributed by atoms with Gasteiger partial charge < -0.3 is 10.2 Å². The molecule has 0 aliphatic carbocycles. The fourth-order valence-corrected chi connectivity index (χ4v) is 2.96. The van der Waals surface area contributed by atoms with Gasteiger partial charge in [-0.25, -0.2) is 0 Å². The molecule has 84 valence electrons. The van der Waals surface area contributed by atoms with Gasteiger partial charge in [-0.2, -0.15) is 5.06 Å². The lowest BCUT2D eigenvalue weighted by molar-refractivity contribution is -0.267. The highest BCUT2D eigenvalue weighted by Crippen LogP contribution is 2.37. The molecule has 0 bridgehead atoms. The first-order chi connectivity index (χ1) is 6.33. The van der Waals surface area contributed by atoms with Gasteiger partial charge in [0, 0.05) is 17.1 Å². The van der Waals surface area contributed by atoms with Crippen LogP contribution < -0.4 is 5.32 Å². The molecule has 3 nitrogen and oxygen atoms in total. The van der Waals surface area contributed by atoms with E-state index in [0.29, 0.717) is 6.04 Å². The number of hydrogen-bond acceptors (Lipinski definition) is 3. The Morgan fingerprint density at radius 3 is 1.86 bits per heavy atom. The first-order valence-electron chi connectivity index (χ1n) is 5.35. The van der Waals surface area contributed by atoms with Gasteiger partial charge in [-0.05, 0) is 47.6 Å². The van der Waals surface area contributed by atoms with Crippen LogP contribution in [0.25, 0.3) is 0 Å². The molecule has 3 heteroatoms. The Morgan fingerprint density at radius 1 is 1.14 bits per heavy atom. The summed E-state index contributed by atoms with van der Waals surface area (Å²) in [6, 6.07) is 0.589. The maximum absolute atomic E-state index is 5.52. The van der Waals surface area contributed by atoms with E-state index in [4.69, 9.17) is 4.84 Å². The van der Waals surface area contributed by atoms with Crippen molar-refractivity contribution in [3.8, 4) is 0 Å². The van der Waals surface area contributed by atoms with E-state index in [0.717, 1.165) is 12.8 Å². The molecule has 0 unspecified atom stereocenters. The van der Waals surface area contributed by atoms with E-state index in [1.165, 1.54) is 0 Å². The van der Waals surface area contributed by atoms with Gasteiger partial charge >= 0.3 is 0 Å². The zero-order valence-electron chi connectivity index (χ0n) is 10.3. The van der Waals surface area contributed by atoms with E-state index in [-0.39, 0.29) is 11.1 Å². The quantitative estimate of drug-likeness (QED) is 0.735. The summed E-state index contributed by atoms with van der Waals surface area (Å²) in [6.45, 7) is 8.95. The Balaban J connectivity index is 2.87. The third-order valence-corrected chi connectivity index (χ3v) is 3.18. The second-order valence-corrected chi connectivity index (χ2v) is 5.50. The topological polar surface area (TPSA) is 24.5 Å². The Labute approximate surface area is 87.8 Å². The smallest absolute Gasteiger partial charge is 0.0575 e. The van der Waals surface area contributed by atoms with Crippen molar-refractivity contribution >= 4 is 0 Å². The maximum atomic E-state index is 5.52. The van der Waals surface area contributed by atoms with E-state index in [2.05, 4.69) is 38.1 Å². The first-order valence-corrected chi connectivity index (χ1v) is 5.35. The minimum absolute atomic E-state index is 0.101. The predicted molar refractivity (Wildman–Crippen MR) is 59.1 cm³/mol. The van der Waals surface area contributed by atoms with Gasteiger partial charge in [-0.15, -0.1) is 0 Å². The van der Waals surface area contributed by atoms with Crippen molar-refractivity contribution in [1.82, 2.24) is 10.4 Å². The van der Waals surface area contributed by atoms with Gasteiger partial charge in [0.25, 0.3) is 0 Å². The van der Waals surface area contributed by atoms with Crippen LogP contribution in [0.1, 0.15) is 40.5 Å². The Morgan fingerprint density at radius 2 is 1.57 bits per heavy atom. The van der Waals surface area contributed by atoms with Crippen LogP contribution in [0.4, 0.5) is 0 Å². The SMILES string of the molecule is CNC1CC(C)(C)N(OC)C(C)(C)C1. The molecule has 14 heavy (non-hydrogen) atoms. The summed E-state index contributed by atoms with van der Waals surface area (Å²) in [4.78, 5) is 5.52. The number of hydrogen-bond donors (Lipinski definition) is 1. The molecule has 0 saturated carbocycles. The van der Waals surface area contributed by atoms with Crippen LogP contribution in [-0.2, 0) is 4.84 Å². The maximum Gasteiger partial charge on any atom is 0.0575 e. The van der Waals surface area contributed by atoms with Gasteiger partial charge in [0.05, 0.1) is 7.11 Å². The molecule has 0 amide bonds. The molecule has 1 aliphatic rings. The number of piperidine rings is 1. The van der Waals surface area contributed by atoms with Crippen LogP contribution in [0.3, 0.4) is 0 Å². The lowest BCUT2D eigenvalue weighted by Gasteiger charge is -2.53. The van der Waals surface area contributed by atoms with E-state index < -0.39 is 0 Å². The van der Waals surface area contributed by atoms with Crippen LogP contribution in [0.5, 0.6) is 0 Å². The van der Waals surface area contributed by atoms with Crippen molar-refractivity contribution in [3.63, 3.8) is 0 Å². The van der Waals surface area contributed by atoms with Gasteiger partial charge in [0.2, 0.25) is 0 Å². The lowest BCUT2D eigenvalue weighted by atomic mass is 9.79. The second kappa shape index (κ2) is 3.80. The molecule has 0 radical (unpaired) electrons. The van der Waals surface area contributed by atoms with Crippen molar-refractivity contribution < 1.29 is 4.84 Å². The van der Waals surface area contributed by atoms with Gasteiger partial charge in [-0.3, -0.25) is 0 Å². The molecular formula is C11H24N2O. The average Bonchev–Trinajstić information content (AvgIpc) is 2.00. The zero-order valence-corrected chi connectivity index (χ0v) is 10.3. The molecular weight excluding hydrogens is 176 g/mol. The number of hydroxylamine groups is 2. The minimum atomic E-state index is 0.101. The molecule has 0 atom stereocenters. The fraction of sp³-hybridized carbons (Fsp3) is 1.00. The summed E-state index contributed by atoms with van der Waals surface area (Å²) in [5.41, 5.74) is 0.203. The molecule has 1 heterocycles. The minimum Gasteiger partial charge on any atom is -0.317 e. The van der Waals surface area contributed by atoms with Crippen molar-refractivity contribution in [2.75, 3.05) is 14.2 Å². The molecule has 1 rings (SSSR count). The van der Waals surface area contributed by atoms with E-state index in [1.54, 1.807) is 7.11 Å². The van der Waals surface area contributed by atoms with Crippen LogP contribution in [0, 0.1) is 0 Å². The summed E-state index contributed by atoms with van der Waals surface area (Å²) in [5, 5.41) is 5.51. The number of rotatable bonds is 2. The lowest BCUT2D eigenvalue weighted by Crippen LogP contribution is -2.62. The number of nitrogens with zero attached hydrogens (tertiary/aromatic N) is 1. The van der Waals surface area contributed by atoms with Gasteiger partial charge in [0.15, 0.2) is 0 Å². The van der Waals surface area contributed by atoms with Crippen LogP contribution in [-0.4, -0.2) is 36.3 Å². The summed E-state index contributed by atoms with van der Waals surface area (Å²) in [7, 11) is 3.81. The Bertz CT molecular complexity index is 183. The van der Waals surface area contributed by atoms with E-state index in [1.807, 2.05) is 7.05 Å². The van der Waals surface area contributed by atoms with Gasteiger partial charge in [-0.1, -0.05) is 0 Å². The predicted octanol–water partition coefficient (Wildman–Crippen LogP) is 1.79. The van der Waals surface area contributed by atoms with Crippen LogP contribution in [0.2, 0.25) is 0 Å². The summed E-state index contributed by atoms with van der Waals surface area (Å²) < 4.78 is 0. The molecule has 1 N–H and O–H groups in total. The highest BCUT2D eigenvalue weighted by Gasteiger charge is 2.45. The van der Waals surface area contributed by atoms with Crippen molar-refractivity contribution in [2.24, 2.45) is 0 Å². The molecule has 0 aromatic heterocycles. The zero-order chi connectivity index (χ0) is 11.0. The molecule has 0 spiro atoms. The Kier molecular flexibility index (Phi) is 3.24. The second-order valence-electron chi connectivity index (χ2n) is 5.50. The van der Waals surface area contributed by atoms with Crippen molar-refractivity contribution in [1.29, 1.82) is 0 Å². The third-order valence-electron chi connectivity index (χ3n) is 3.18. The summed E-state index contributed by atoms with van der Waals surface area (Å²) >= 11 is 0. The number of nitrogens with one attached hydrogen (secondary N) is 1. The highest BCUT2D eigenvalue weighted by molar-refractivity contribution is 4.98. The van der Waals surface area contributed by atoms with Crippen molar-refractivity contribution in [3.05, 3.63) is 0 Å². The Hall–Kier alpha value is -0.120. The van der Waals surface area contributed by atoms with E-state index in [9.17, 15) is 0 Å². The molecule has 1 aliphatic heterocycles. The van der Waals surface area contributed by atoms with E-state index >= 15 is 0 Å². The third kappa shape index (κ3) is 2.10. The standard InChI is InChI=1S/C11H24N2O/c1-10(2)7-9(12-5)8-11(3,4)13(10)14-6/h9,12H,7-8H2,1-6H3. The normalized spacial score (nSPS) is 27.9.